The summed E-state index contributed by atoms with van der Waals surface area (Å²) in [6.07, 6.45) is 2.41. The summed E-state index contributed by atoms with van der Waals surface area (Å²) in [5, 5.41) is 6.66. The number of rotatable bonds is 8. The van der Waals surface area contributed by atoms with E-state index >= 15 is 0 Å². The van der Waals surface area contributed by atoms with Crippen molar-refractivity contribution in [3.63, 3.8) is 0 Å². The normalized spacial score (nSPS) is 18.9. The van der Waals surface area contributed by atoms with Crippen molar-refractivity contribution in [2.75, 3.05) is 20.2 Å². The third-order valence-corrected chi connectivity index (χ3v) is 6.37. The highest BCUT2D eigenvalue weighted by Gasteiger charge is 2.47. The lowest BCUT2D eigenvalue weighted by Gasteiger charge is -2.21. The Morgan fingerprint density at radius 2 is 1.88 bits per heavy atom. The van der Waals surface area contributed by atoms with E-state index in [0.717, 1.165) is 32.7 Å². The van der Waals surface area contributed by atoms with Crippen LogP contribution in [0.4, 0.5) is 4.79 Å². The third kappa shape index (κ3) is 4.28. The van der Waals surface area contributed by atoms with Gasteiger partial charge in [0.25, 0.3) is 5.91 Å². The Bertz CT molecular complexity index is 1190. The zero-order valence-corrected chi connectivity index (χ0v) is 19.0. The molecule has 1 aromatic heterocycles. The van der Waals surface area contributed by atoms with Crippen LogP contribution in [0.2, 0.25) is 0 Å². The molecule has 8 heteroatoms. The average Bonchev–Trinajstić information content (AvgIpc) is 3.34. The number of para-hydroxylation sites is 1. The van der Waals surface area contributed by atoms with Gasteiger partial charge in [-0.25, -0.2) is 4.79 Å². The van der Waals surface area contributed by atoms with Crippen LogP contribution < -0.4 is 15.4 Å². The van der Waals surface area contributed by atoms with E-state index in [9.17, 15) is 14.4 Å². The van der Waals surface area contributed by atoms with Gasteiger partial charge in [0, 0.05) is 29.6 Å². The summed E-state index contributed by atoms with van der Waals surface area (Å²) in [6.45, 7) is 3.48. The van der Waals surface area contributed by atoms with Crippen LogP contribution in [0.3, 0.4) is 0 Å². The van der Waals surface area contributed by atoms with E-state index in [1.807, 2.05) is 61.7 Å². The Morgan fingerprint density at radius 3 is 2.55 bits per heavy atom. The molecule has 4 rings (SSSR count). The summed E-state index contributed by atoms with van der Waals surface area (Å²) in [5.74, 6) is -0.163. The molecular formula is C25H28N4O4. The molecule has 3 aromatic rings. The molecule has 0 bridgehead atoms. The zero-order chi connectivity index (χ0) is 23.6. The lowest BCUT2D eigenvalue weighted by Crippen LogP contribution is -2.45. The van der Waals surface area contributed by atoms with E-state index in [4.69, 9.17) is 4.74 Å². The van der Waals surface area contributed by atoms with Gasteiger partial charge in [0.05, 0.1) is 7.11 Å². The van der Waals surface area contributed by atoms with Crippen LogP contribution in [-0.4, -0.2) is 53.5 Å². The topological polar surface area (TPSA) is 104 Å². The summed E-state index contributed by atoms with van der Waals surface area (Å²) in [4.78, 5) is 41.9. The summed E-state index contributed by atoms with van der Waals surface area (Å²) in [5.41, 5.74) is 2.10. The molecule has 172 valence electrons. The van der Waals surface area contributed by atoms with Gasteiger partial charge in [0.15, 0.2) is 0 Å². The Hall–Kier alpha value is -3.81. The first-order chi connectivity index (χ1) is 15.9. The minimum Gasteiger partial charge on any atom is -0.497 e. The molecular weight excluding hydrogens is 420 g/mol. The molecule has 0 spiro atoms. The van der Waals surface area contributed by atoms with Crippen LogP contribution in [0, 0.1) is 0 Å². The highest BCUT2D eigenvalue weighted by molar-refractivity contribution is 6.08. The average molecular weight is 449 g/mol. The minimum atomic E-state index is -0.965. The molecule has 3 N–H and O–H groups in total. The highest BCUT2D eigenvalue weighted by atomic mass is 16.5. The van der Waals surface area contributed by atoms with Crippen molar-refractivity contribution in [3.05, 3.63) is 65.9 Å². The van der Waals surface area contributed by atoms with E-state index in [-0.39, 0.29) is 18.4 Å². The number of ether oxygens (including phenoxy) is 1. The van der Waals surface area contributed by atoms with Crippen molar-refractivity contribution < 1.29 is 19.1 Å². The van der Waals surface area contributed by atoms with Crippen LogP contribution in [0.5, 0.6) is 5.75 Å². The quantitative estimate of drug-likeness (QED) is 0.461. The third-order valence-electron chi connectivity index (χ3n) is 6.37. The van der Waals surface area contributed by atoms with Crippen molar-refractivity contribution in [1.82, 2.24) is 20.5 Å². The molecule has 1 fully saturated rings. The van der Waals surface area contributed by atoms with Crippen LogP contribution in [0.25, 0.3) is 10.9 Å². The molecule has 0 saturated carbocycles. The number of carbonyl (C=O) groups is 3. The van der Waals surface area contributed by atoms with Crippen molar-refractivity contribution in [1.29, 1.82) is 0 Å². The zero-order valence-electron chi connectivity index (χ0n) is 19.0. The maximum atomic E-state index is 12.7. The number of H-pyrrole nitrogens is 1. The minimum absolute atomic E-state index is 0.139. The molecule has 1 saturated heterocycles. The fourth-order valence-corrected chi connectivity index (χ4v) is 4.17. The Balaban J connectivity index is 1.54. The number of amides is 4. The molecule has 0 unspecified atom stereocenters. The van der Waals surface area contributed by atoms with Gasteiger partial charge < -0.3 is 20.4 Å². The van der Waals surface area contributed by atoms with Gasteiger partial charge in [-0.3, -0.25) is 14.5 Å². The number of methoxy groups -OCH3 is 1. The van der Waals surface area contributed by atoms with Gasteiger partial charge in [-0.15, -0.1) is 0 Å². The van der Waals surface area contributed by atoms with Crippen molar-refractivity contribution in [3.8, 4) is 5.75 Å². The van der Waals surface area contributed by atoms with Crippen LogP contribution in [-0.2, 0) is 9.59 Å². The van der Waals surface area contributed by atoms with Crippen molar-refractivity contribution in [2.24, 2.45) is 0 Å². The smallest absolute Gasteiger partial charge is 0.325 e. The van der Waals surface area contributed by atoms with E-state index in [0.29, 0.717) is 13.0 Å². The van der Waals surface area contributed by atoms with E-state index in [1.165, 1.54) is 0 Å². The second-order valence-corrected chi connectivity index (χ2v) is 8.43. The highest BCUT2D eigenvalue weighted by Crippen LogP contribution is 2.31. The Kier molecular flexibility index (Phi) is 6.09. The van der Waals surface area contributed by atoms with Crippen molar-refractivity contribution >= 4 is 28.7 Å². The molecule has 0 radical (unpaired) electrons. The predicted molar refractivity (Wildman–Crippen MR) is 125 cm³/mol. The van der Waals surface area contributed by atoms with Gasteiger partial charge in [-0.2, -0.15) is 0 Å². The van der Waals surface area contributed by atoms with Crippen molar-refractivity contribution in [2.45, 2.75) is 31.7 Å². The number of nitrogens with one attached hydrogen (secondary N) is 3. The molecule has 2 heterocycles. The van der Waals surface area contributed by atoms with Gasteiger partial charge in [-0.1, -0.05) is 37.3 Å². The number of aromatic nitrogens is 1. The largest absolute Gasteiger partial charge is 0.497 e. The predicted octanol–water partition coefficient (Wildman–Crippen LogP) is 3.15. The number of hydrogen-bond donors (Lipinski definition) is 3. The molecule has 2 aromatic carbocycles. The van der Waals surface area contributed by atoms with Crippen LogP contribution >= 0.6 is 0 Å². The van der Waals surface area contributed by atoms with E-state index in [2.05, 4.69) is 15.6 Å². The van der Waals surface area contributed by atoms with Crippen LogP contribution in [0.15, 0.2) is 54.7 Å². The standard InChI is InChI=1S/C25H28N4O4/c1-4-25(2)23(31)29(24(32)28-25)15-22(30)27-13-19(16-9-11-17(33-3)12-10-16)20-14-26-21-8-6-5-7-18(20)21/h5-12,14,19,26H,4,13,15H2,1-3H3,(H,27,30)(H,28,32)/t19-,25+/m0/s1. The second kappa shape index (κ2) is 8.97. The lowest BCUT2D eigenvalue weighted by atomic mass is 9.90. The first-order valence-corrected chi connectivity index (χ1v) is 11.0. The maximum Gasteiger partial charge on any atom is 0.325 e. The fraction of sp³-hybridized carbons (Fsp3) is 0.320. The van der Waals surface area contributed by atoms with Gasteiger partial charge in [-0.05, 0) is 42.7 Å². The SMILES string of the molecule is CC[C@@]1(C)NC(=O)N(CC(=O)NC[C@@H](c2ccc(OC)cc2)c2c[nH]c3ccccc23)C1=O. The summed E-state index contributed by atoms with van der Waals surface area (Å²) >= 11 is 0. The number of benzene rings is 2. The molecule has 1 aliphatic heterocycles. The van der Waals surface area contributed by atoms with Gasteiger partial charge in [0.1, 0.15) is 17.8 Å². The fourth-order valence-electron chi connectivity index (χ4n) is 4.17. The summed E-state index contributed by atoms with van der Waals surface area (Å²) in [7, 11) is 1.62. The number of fused-ring (bicyclic) bond motifs is 1. The molecule has 1 aliphatic rings. The number of carbonyl (C=O) groups excluding carboxylic acids is 3. The molecule has 33 heavy (non-hydrogen) atoms. The van der Waals surface area contributed by atoms with E-state index in [1.54, 1.807) is 14.0 Å². The number of hydrogen-bond acceptors (Lipinski definition) is 4. The van der Waals surface area contributed by atoms with E-state index < -0.39 is 17.5 Å². The second-order valence-electron chi connectivity index (χ2n) is 8.43. The maximum absolute atomic E-state index is 12.7. The number of nitrogens with zero attached hydrogens (tertiary/aromatic N) is 1. The molecule has 0 aliphatic carbocycles. The Morgan fingerprint density at radius 1 is 1.15 bits per heavy atom. The monoisotopic (exact) mass is 448 g/mol. The molecule has 4 amide bonds. The molecule has 8 nitrogen and oxygen atoms in total. The summed E-state index contributed by atoms with van der Waals surface area (Å²) in [6, 6.07) is 15.2. The van der Waals surface area contributed by atoms with Gasteiger partial charge in [0.2, 0.25) is 5.91 Å². The Labute approximate surface area is 192 Å². The number of urea groups is 1. The number of imide groups is 1. The van der Waals surface area contributed by atoms with Gasteiger partial charge >= 0.3 is 6.03 Å². The summed E-state index contributed by atoms with van der Waals surface area (Å²) < 4.78 is 5.28. The first-order valence-electron chi connectivity index (χ1n) is 11.0. The van der Waals surface area contributed by atoms with Crippen LogP contribution in [0.1, 0.15) is 37.3 Å². The molecule has 2 atom stereocenters. The lowest BCUT2D eigenvalue weighted by molar-refractivity contribution is -0.134. The number of aromatic amines is 1. The first kappa shape index (κ1) is 22.4.